The highest BCUT2D eigenvalue weighted by Crippen LogP contribution is 2.28. The van der Waals surface area contributed by atoms with E-state index in [9.17, 15) is 4.79 Å². The molecule has 0 aliphatic carbocycles. The number of carbonyl (C=O) groups is 1. The van der Waals surface area contributed by atoms with E-state index < -0.39 is 5.97 Å². The fraction of sp³-hybridized carbons (Fsp3) is 0.562. The summed E-state index contributed by atoms with van der Waals surface area (Å²) in [5, 5.41) is 12.3. The van der Waals surface area contributed by atoms with E-state index in [0.717, 1.165) is 36.6 Å². The zero-order valence-corrected chi connectivity index (χ0v) is 13.9. The Kier molecular flexibility index (Phi) is 7.70. The number of nitrogens with one attached hydrogen (secondary N) is 1. The number of aliphatic carboxylic acids is 1. The van der Waals surface area contributed by atoms with Crippen LogP contribution in [0.25, 0.3) is 0 Å². The number of carboxylic acid groups (broad SMARTS) is 1. The molecule has 22 heavy (non-hydrogen) atoms. The first-order valence-corrected chi connectivity index (χ1v) is 7.48. The molecule has 1 aromatic rings. The van der Waals surface area contributed by atoms with Crippen LogP contribution in [-0.2, 0) is 11.3 Å². The Hall–Kier alpha value is -1.79. The molecule has 2 N–H and O–H groups in total. The van der Waals surface area contributed by atoms with E-state index in [1.54, 1.807) is 11.9 Å². The Bertz CT molecular complexity index is 478. The minimum Gasteiger partial charge on any atom is -0.492 e. The molecule has 124 valence electrons. The fourth-order valence-electron chi connectivity index (χ4n) is 2.08. The van der Waals surface area contributed by atoms with E-state index in [2.05, 4.69) is 10.2 Å². The van der Waals surface area contributed by atoms with Gasteiger partial charge in [-0.3, -0.25) is 4.79 Å². The molecule has 0 saturated carbocycles. The van der Waals surface area contributed by atoms with Crippen molar-refractivity contribution in [3.05, 3.63) is 23.8 Å². The van der Waals surface area contributed by atoms with Gasteiger partial charge in [0.2, 0.25) is 0 Å². The van der Waals surface area contributed by atoms with Crippen LogP contribution in [0.4, 0.5) is 5.69 Å². The number of nitrogens with zero attached hydrogens (tertiary/aromatic N) is 2. The van der Waals surface area contributed by atoms with Crippen molar-refractivity contribution >= 4 is 11.7 Å². The maximum absolute atomic E-state index is 10.9. The number of hydrogen-bond acceptors (Lipinski definition) is 5. The second-order valence-electron chi connectivity index (χ2n) is 5.46. The van der Waals surface area contributed by atoms with Gasteiger partial charge in [-0.25, -0.2) is 0 Å². The monoisotopic (exact) mass is 309 g/mol. The van der Waals surface area contributed by atoms with E-state index in [0.29, 0.717) is 6.61 Å². The maximum atomic E-state index is 10.9. The molecule has 0 unspecified atom stereocenters. The predicted molar refractivity (Wildman–Crippen MR) is 88.8 cm³/mol. The van der Waals surface area contributed by atoms with Crippen LogP contribution in [0.5, 0.6) is 5.75 Å². The smallest absolute Gasteiger partial charge is 0.323 e. The topological polar surface area (TPSA) is 65.0 Å². The molecule has 6 nitrogen and oxygen atoms in total. The first kappa shape index (κ1) is 18.3. The highest BCUT2D eigenvalue weighted by atomic mass is 16.5. The minimum atomic E-state index is -0.862. The number of ether oxygens (including phenoxy) is 1. The van der Waals surface area contributed by atoms with E-state index in [-0.39, 0.29) is 6.54 Å². The Morgan fingerprint density at radius 3 is 2.64 bits per heavy atom. The lowest BCUT2D eigenvalue weighted by Crippen LogP contribution is -2.27. The van der Waals surface area contributed by atoms with Crippen molar-refractivity contribution in [2.75, 3.05) is 52.3 Å². The molecule has 0 aromatic heterocycles. The van der Waals surface area contributed by atoms with Gasteiger partial charge in [-0.05, 0) is 38.7 Å². The van der Waals surface area contributed by atoms with Crippen molar-refractivity contribution in [1.29, 1.82) is 0 Å². The van der Waals surface area contributed by atoms with E-state index in [4.69, 9.17) is 9.84 Å². The average molecular weight is 309 g/mol. The summed E-state index contributed by atoms with van der Waals surface area (Å²) < 4.78 is 5.65. The van der Waals surface area contributed by atoms with Gasteiger partial charge >= 0.3 is 5.97 Å². The summed E-state index contributed by atoms with van der Waals surface area (Å²) in [7, 11) is 5.84. The molecule has 0 amide bonds. The molecular formula is C16H27N3O3. The molecule has 1 rings (SSSR count). The Morgan fingerprint density at radius 2 is 2.05 bits per heavy atom. The molecule has 0 atom stereocenters. The number of carboxylic acids is 1. The second-order valence-corrected chi connectivity index (χ2v) is 5.46. The third-order valence-electron chi connectivity index (χ3n) is 3.17. The summed E-state index contributed by atoms with van der Waals surface area (Å²) in [6, 6.07) is 5.88. The minimum absolute atomic E-state index is 0.0551. The zero-order valence-electron chi connectivity index (χ0n) is 13.9. The van der Waals surface area contributed by atoms with Gasteiger partial charge in [-0.2, -0.15) is 0 Å². The summed E-state index contributed by atoms with van der Waals surface area (Å²) >= 11 is 0. The molecular weight excluding hydrogens is 282 g/mol. The van der Waals surface area contributed by atoms with E-state index in [1.165, 1.54) is 0 Å². The summed E-state index contributed by atoms with van der Waals surface area (Å²) in [4.78, 5) is 14.7. The second kappa shape index (κ2) is 9.27. The van der Waals surface area contributed by atoms with Gasteiger partial charge in [0, 0.05) is 26.7 Å². The molecule has 0 fully saturated rings. The summed E-state index contributed by atoms with van der Waals surface area (Å²) in [6.07, 6.45) is 0. The lowest BCUT2D eigenvalue weighted by Gasteiger charge is -2.21. The van der Waals surface area contributed by atoms with Crippen molar-refractivity contribution in [2.24, 2.45) is 0 Å². The molecule has 0 heterocycles. The van der Waals surface area contributed by atoms with Gasteiger partial charge in [0.05, 0.1) is 12.3 Å². The predicted octanol–water partition coefficient (Wildman–Crippen LogP) is 1.26. The number of hydrogen-bond donors (Lipinski definition) is 2. The van der Waals surface area contributed by atoms with Crippen molar-refractivity contribution in [1.82, 2.24) is 10.2 Å². The van der Waals surface area contributed by atoms with Gasteiger partial charge in [-0.1, -0.05) is 6.07 Å². The van der Waals surface area contributed by atoms with Crippen LogP contribution in [0.15, 0.2) is 18.2 Å². The maximum Gasteiger partial charge on any atom is 0.323 e. The quantitative estimate of drug-likeness (QED) is 0.634. The Labute approximate surface area is 132 Å². The van der Waals surface area contributed by atoms with Crippen molar-refractivity contribution in [2.45, 2.75) is 13.5 Å². The number of rotatable bonds is 10. The van der Waals surface area contributed by atoms with Crippen LogP contribution in [0.3, 0.4) is 0 Å². The standard InChI is InChI=1S/C16H27N3O3/c1-5-22-15-10-13(11-17-8-9-18(2)3)6-7-14(15)19(4)12-16(20)21/h6-7,10,17H,5,8-9,11-12H2,1-4H3,(H,20,21). The molecule has 1 aromatic carbocycles. The molecule has 0 aliphatic heterocycles. The summed E-state index contributed by atoms with van der Waals surface area (Å²) in [5.74, 6) is -0.141. The Morgan fingerprint density at radius 1 is 1.32 bits per heavy atom. The fourth-order valence-corrected chi connectivity index (χ4v) is 2.08. The van der Waals surface area contributed by atoms with Gasteiger partial charge < -0.3 is 25.0 Å². The number of likely N-dealkylation sites (N-methyl/N-ethyl adjacent to an activating group) is 2. The first-order valence-electron chi connectivity index (χ1n) is 7.48. The van der Waals surface area contributed by atoms with Crippen LogP contribution in [0.1, 0.15) is 12.5 Å². The van der Waals surface area contributed by atoms with Crippen LogP contribution in [0, 0.1) is 0 Å². The highest BCUT2D eigenvalue weighted by Gasteiger charge is 2.12. The number of benzene rings is 1. The van der Waals surface area contributed by atoms with Gasteiger partial charge in [-0.15, -0.1) is 0 Å². The van der Waals surface area contributed by atoms with Crippen LogP contribution < -0.4 is 15.0 Å². The van der Waals surface area contributed by atoms with E-state index >= 15 is 0 Å². The summed E-state index contributed by atoms with van der Waals surface area (Å²) in [5.41, 5.74) is 1.91. The van der Waals surface area contributed by atoms with Crippen LogP contribution in [-0.4, -0.2) is 63.4 Å². The van der Waals surface area contributed by atoms with E-state index in [1.807, 2.05) is 39.2 Å². The molecule has 0 bridgehead atoms. The lowest BCUT2D eigenvalue weighted by atomic mass is 10.1. The molecule has 0 aliphatic rings. The zero-order chi connectivity index (χ0) is 16.5. The van der Waals surface area contributed by atoms with Crippen LogP contribution >= 0.6 is 0 Å². The van der Waals surface area contributed by atoms with Crippen molar-refractivity contribution in [3.8, 4) is 5.75 Å². The third kappa shape index (κ3) is 6.32. The van der Waals surface area contributed by atoms with Crippen molar-refractivity contribution in [3.63, 3.8) is 0 Å². The highest BCUT2D eigenvalue weighted by molar-refractivity contribution is 5.75. The summed E-state index contributed by atoms with van der Waals surface area (Å²) in [6.45, 7) is 5.07. The molecule has 6 heteroatoms. The third-order valence-corrected chi connectivity index (χ3v) is 3.17. The van der Waals surface area contributed by atoms with Gasteiger partial charge in [0.15, 0.2) is 0 Å². The lowest BCUT2D eigenvalue weighted by molar-refractivity contribution is -0.135. The molecule has 0 radical (unpaired) electrons. The molecule has 0 saturated heterocycles. The SMILES string of the molecule is CCOc1cc(CNCCN(C)C)ccc1N(C)CC(=O)O. The Balaban J connectivity index is 2.74. The van der Waals surface area contributed by atoms with Gasteiger partial charge in [0.25, 0.3) is 0 Å². The van der Waals surface area contributed by atoms with Gasteiger partial charge in [0.1, 0.15) is 12.3 Å². The normalized spacial score (nSPS) is 10.8. The number of anilines is 1. The van der Waals surface area contributed by atoms with Crippen molar-refractivity contribution < 1.29 is 14.6 Å². The first-order chi connectivity index (χ1) is 10.4. The van der Waals surface area contributed by atoms with Crippen LogP contribution in [0.2, 0.25) is 0 Å². The largest absolute Gasteiger partial charge is 0.492 e. The average Bonchev–Trinajstić information content (AvgIpc) is 2.43. The molecule has 0 spiro atoms.